The summed E-state index contributed by atoms with van der Waals surface area (Å²) in [6, 6.07) is 0. The van der Waals surface area contributed by atoms with E-state index in [0.717, 1.165) is 19.3 Å². The van der Waals surface area contributed by atoms with Crippen LogP contribution in [0.25, 0.3) is 0 Å². The van der Waals surface area contributed by atoms with Gasteiger partial charge in [0.25, 0.3) is 0 Å². The van der Waals surface area contributed by atoms with Gasteiger partial charge in [0.1, 0.15) is 6.10 Å². The van der Waals surface area contributed by atoms with E-state index in [4.69, 9.17) is 32.7 Å². The molecule has 0 spiro atoms. The molecule has 0 radical (unpaired) electrons. The Bertz CT molecular complexity index is 243. The predicted molar refractivity (Wildman–Crippen MR) is 57.3 cm³/mol. The van der Waals surface area contributed by atoms with E-state index in [1.54, 1.807) is 0 Å². The van der Waals surface area contributed by atoms with Crippen molar-refractivity contribution in [1.29, 1.82) is 0 Å². The SMILES string of the molecule is O=C(OC(CCl)CCl)[C@@H]1CC[C@@H]2O[C@@H]2C1. The Morgan fingerprint density at radius 2 is 2.07 bits per heavy atom. The molecular weight excluding hydrogens is 239 g/mol. The number of rotatable bonds is 4. The van der Waals surface area contributed by atoms with Crippen LogP contribution in [0.5, 0.6) is 0 Å². The van der Waals surface area contributed by atoms with Crippen molar-refractivity contribution in [1.82, 2.24) is 0 Å². The second-order valence-corrected chi connectivity index (χ2v) is 4.71. The fourth-order valence-electron chi connectivity index (χ4n) is 1.98. The van der Waals surface area contributed by atoms with Gasteiger partial charge in [-0.3, -0.25) is 4.79 Å². The minimum atomic E-state index is -0.362. The molecule has 3 nitrogen and oxygen atoms in total. The Hall–Kier alpha value is 0.01000. The van der Waals surface area contributed by atoms with Gasteiger partial charge in [-0.05, 0) is 19.3 Å². The summed E-state index contributed by atoms with van der Waals surface area (Å²) in [5.74, 6) is 0.313. The Morgan fingerprint density at radius 1 is 1.33 bits per heavy atom. The Labute approximate surface area is 99.0 Å². The molecule has 0 aromatic carbocycles. The normalized spacial score (nSPS) is 33.7. The third kappa shape index (κ3) is 2.77. The summed E-state index contributed by atoms with van der Waals surface area (Å²) in [7, 11) is 0. The maximum atomic E-state index is 11.7. The van der Waals surface area contributed by atoms with Crippen molar-refractivity contribution in [2.75, 3.05) is 11.8 Å². The maximum Gasteiger partial charge on any atom is 0.309 e. The molecule has 15 heavy (non-hydrogen) atoms. The number of ether oxygens (including phenoxy) is 2. The first-order valence-corrected chi connectivity index (χ1v) is 6.29. The van der Waals surface area contributed by atoms with Crippen LogP contribution in [0, 0.1) is 5.92 Å². The summed E-state index contributed by atoms with van der Waals surface area (Å²) in [5.41, 5.74) is 0. The first-order valence-electron chi connectivity index (χ1n) is 5.22. The Morgan fingerprint density at radius 3 is 2.67 bits per heavy atom. The first-order chi connectivity index (χ1) is 7.24. The summed E-state index contributed by atoms with van der Waals surface area (Å²) in [4.78, 5) is 11.7. The van der Waals surface area contributed by atoms with Crippen LogP contribution in [0.15, 0.2) is 0 Å². The third-order valence-electron chi connectivity index (χ3n) is 2.96. The molecule has 1 aliphatic heterocycles. The zero-order valence-electron chi connectivity index (χ0n) is 8.33. The molecule has 3 atom stereocenters. The van der Waals surface area contributed by atoms with Crippen molar-refractivity contribution in [3.8, 4) is 0 Å². The molecule has 0 N–H and O–H groups in total. The van der Waals surface area contributed by atoms with Gasteiger partial charge in [0.15, 0.2) is 0 Å². The van der Waals surface area contributed by atoms with E-state index in [1.165, 1.54) is 0 Å². The smallest absolute Gasteiger partial charge is 0.309 e. The highest BCUT2D eigenvalue weighted by atomic mass is 35.5. The molecule has 1 heterocycles. The van der Waals surface area contributed by atoms with Crippen LogP contribution in [0.1, 0.15) is 19.3 Å². The molecular formula is C10H14Cl2O3. The predicted octanol–water partition coefficient (Wildman–Crippen LogP) is 1.94. The highest BCUT2D eigenvalue weighted by molar-refractivity contribution is 6.21. The number of epoxide rings is 1. The van der Waals surface area contributed by atoms with E-state index in [0.29, 0.717) is 12.2 Å². The highest BCUT2D eigenvalue weighted by Crippen LogP contribution is 2.39. The lowest BCUT2D eigenvalue weighted by Crippen LogP contribution is -2.29. The number of carbonyl (C=O) groups is 1. The average molecular weight is 253 g/mol. The lowest BCUT2D eigenvalue weighted by atomic mass is 9.89. The zero-order chi connectivity index (χ0) is 10.8. The van der Waals surface area contributed by atoms with E-state index in [2.05, 4.69) is 0 Å². The van der Waals surface area contributed by atoms with Crippen LogP contribution in [-0.2, 0) is 14.3 Å². The number of hydrogen-bond acceptors (Lipinski definition) is 3. The van der Waals surface area contributed by atoms with E-state index < -0.39 is 0 Å². The molecule has 2 aliphatic rings. The zero-order valence-corrected chi connectivity index (χ0v) is 9.84. The van der Waals surface area contributed by atoms with Gasteiger partial charge in [-0.15, -0.1) is 23.2 Å². The van der Waals surface area contributed by atoms with Gasteiger partial charge >= 0.3 is 5.97 Å². The molecule has 86 valence electrons. The van der Waals surface area contributed by atoms with E-state index >= 15 is 0 Å². The molecule has 1 saturated carbocycles. The van der Waals surface area contributed by atoms with Gasteiger partial charge in [-0.1, -0.05) is 0 Å². The summed E-state index contributed by atoms with van der Waals surface area (Å²) in [5, 5.41) is 0. The quantitative estimate of drug-likeness (QED) is 0.436. The molecule has 0 aromatic rings. The van der Waals surface area contributed by atoms with Gasteiger partial charge in [0.2, 0.25) is 0 Å². The largest absolute Gasteiger partial charge is 0.460 e. The van der Waals surface area contributed by atoms with Gasteiger partial charge in [-0.2, -0.15) is 0 Å². The molecule has 2 rings (SSSR count). The second kappa shape index (κ2) is 4.89. The fraction of sp³-hybridized carbons (Fsp3) is 0.900. The number of fused-ring (bicyclic) bond motifs is 1. The second-order valence-electron chi connectivity index (χ2n) is 4.09. The van der Waals surface area contributed by atoms with Gasteiger partial charge < -0.3 is 9.47 Å². The number of hydrogen-bond donors (Lipinski definition) is 0. The first kappa shape index (κ1) is 11.5. The topological polar surface area (TPSA) is 38.8 Å². The molecule has 2 fully saturated rings. The molecule has 1 saturated heterocycles. The van der Waals surface area contributed by atoms with Gasteiger partial charge in [-0.25, -0.2) is 0 Å². The summed E-state index contributed by atoms with van der Waals surface area (Å²) < 4.78 is 10.6. The number of esters is 1. The van der Waals surface area contributed by atoms with Crippen LogP contribution in [-0.4, -0.2) is 36.0 Å². The monoisotopic (exact) mass is 252 g/mol. The van der Waals surface area contributed by atoms with E-state index in [-0.39, 0.29) is 29.8 Å². The Balaban J connectivity index is 1.79. The molecule has 0 amide bonds. The van der Waals surface area contributed by atoms with Gasteiger partial charge in [0.05, 0.1) is 29.9 Å². The van der Waals surface area contributed by atoms with Crippen molar-refractivity contribution in [3.63, 3.8) is 0 Å². The average Bonchev–Trinajstić information content (AvgIpc) is 3.03. The highest BCUT2D eigenvalue weighted by Gasteiger charge is 2.46. The van der Waals surface area contributed by atoms with Gasteiger partial charge in [0, 0.05) is 0 Å². The Kier molecular flexibility index (Phi) is 3.75. The summed E-state index contributed by atoms with van der Waals surface area (Å²) in [6.07, 6.45) is 2.96. The van der Waals surface area contributed by atoms with Crippen molar-refractivity contribution in [2.24, 2.45) is 5.92 Å². The van der Waals surface area contributed by atoms with Crippen LogP contribution in [0.3, 0.4) is 0 Å². The molecule has 1 aliphatic carbocycles. The van der Waals surface area contributed by atoms with Crippen molar-refractivity contribution < 1.29 is 14.3 Å². The van der Waals surface area contributed by atoms with Crippen molar-refractivity contribution >= 4 is 29.2 Å². The summed E-state index contributed by atoms with van der Waals surface area (Å²) in [6.45, 7) is 0. The number of carbonyl (C=O) groups excluding carboxylic acids is 1. The lowest BCUT2D eigenvalue weighted by Gasteiger charge is -2.20. The lowest BCUT2D eigenvalue weighted by molar-refractivity contribution is -0.153. The van der Waals surface area contributed by atoms with Crippen LogP contribution in [0.4, 0.5) is 0 Å². The minimum Gasteiger partial charge on any atom is -0.460 e. The van der Waals surface area contributed by atoms with Crippen LogP contribution >= 0.6 is 23.2 Å². The van der Waals surface area contributed by atoms with Crippen LogP contribution < -0.4 is 0 Å². The van der Waals surface area contributed by atoms with Crippen molar-refractivity contribution in [3.05, 3.63) is 0 Å². The molecule has 0 aromatic heterocycles. The van der Waals surface area contributed by atoms with Crippen LogP contribution in [0.2, 0.25) is 0 Å². The minimum absolute atomic E-state index is 0.0253. The maximum absolute atomic E-state index is 11.7. The standard InChI is InChI=1S/C10H14Cl2O3/c11-4-7(5-12)14-10(13)6-1-2-8-9(3-6)15-8/h6-9H,1-5H2/t6-,8+,9-/m1/s1. The molecule has 0 unspecified atom stereocenters. The van der Waals surface area contributed by atoms with Crippen molar-refractivity contribution in [2.45, 2.75) is 37.6 Å². The number of alkyl halides is 2. The molecule has 5 heteroatoms. The van der Waals surface area contributed by atoms with E-state index in [1.807, 2.05) is 0 Å². The molecule has 0 bridgehead atoms. The third-order valence-corrected chi connectivity index (χ3v) is 3.65. The number of halogens is 2. The van der Waals surface area contributed by atoms with E-state index in [9.17, 15) is 4.79 Å². The summed E-state index contributed by atoms with van der Waals surface area (Å²) >= 11 is 11.2. The fourth-order valence-corrected chi connectivity index (χ4v) is 2.44.